The van der Waals surface area contributed by atoms with Crippen molar-refractivity contribution >= 4 is 5.82 Å². The molecule has 0 amide bonds. The zero-order chi connectivity index (χ0) is 18.4. The standard InChI is InChI=1S/C18H19N5O3/c1-22(21-24)26-16-6-7-18(20-13-16)23-10-8-15(9-11-23)25-17-5-3-2-4-14(17)12-19/h2-7,13,15H,8-11H2,1H3. The molecule has 8 heteroatoms. The summed E-state index contributed by atoms with van der Waals surface area (Å²) in [5.41, 5.74) is 0.557. The van der Waals surface area contributed by atoms with Crippen LogP contribution < -0.4 is 14.5 Å². The number of nitroso groups, excluding NO2 is 1. The molecule has 0 bridgehead atoms. The van der Waals surface area contributed by atoms with Crippen molar-refractivity contribution in [3.63, 3.8) is 0 Å². The van der Waals surface area contributed by atoms with Crippen molar-refractivity contribution in [1.29, 1.82) is 5.26 Å². The van der Waals surface area contributed by atoms with Gasteiger partial charge in [0, 0.05) is 25.9 Å². The van der Waals surface area contributed by atoms with Crippen molar-refractivity contribution in [2.24, 2.45) is 5.29 Å². The Hall–Kier alpha value is -3.34. The second-order valence-electron chi connectivity index (χ2n) is 5.90. The van der Waals surface area contributed by atoms with Crippen LogP contribution in [0.4, 0.5) is 5.82 Å². The van der Waals surface area contributed by atoms with Crippen molar-refractivity contribution in [3.05, 3.63) is 53.1 Å². The van der Waals surface area contributed by atoms with E-state index in [0.717, 1.165) is 36.9 Å². The lowest BCUT2D eigenvalue weighted by molar-refractivity contribution is -0.0319. The van der Waals surface area contributed by atoms with Crippen molar-refractivity contribution in [2.45, 2.75) is 18.9 Å². The Balaban J connectivity index is 1.55. The summed E-state index contributed by atoms with van der Waals surface area (Å²) in [5.74, 6) is 1.93. The van der Waals surface area contributed by atoms with E-state index in [-0.39, 0.29) is 6.10 Å². The first-order chi connectivity index (χ1) is 12.7. The molecule has 3 rings (SSSR count). The van der Waals surface area contributed by atoms with Gasteiger partial charge in [0.25, 0.3) is 0 Å². The number of nitrogens with zero attached hydrogens (tertiary/aromatic N) is 5. The minimum absolute atomic E-state index is 0.0793. The number of hydrogen-bond donors (Lipinski definition) is 0. The fraction of sp³-hybridized carbons (Fsp3) is 0.333. The average molecular weight is 353 g/mol. The van der Waals surface area contributed by atoms with Gasteiger partial charge in [0.05, 0.1) is 24.1 Å². The number of ether oxygens (including phenoxy) is 1. The number of rotatable bonds is 6. The summed E-state index contributed by atoms with van der Waals surface area (Å²) < 4.78 is 6.00. The van der Waals surface area contributed by atoms with Crippen molar-refractivity contribution < 1.29 is 9.57 Å². The number of anilines is 1. The van der Waals surface area contributed by atoms with E-state index in [4.69, 9.17) is 14.8 Å². The second-order valence-corrected chi connectivity index (χ2v) is 5.90. The minimum Gasteiger partial charge on any atom is -0.489 e. The van der Waals surface area contributed by atoms with Crippen LogP contribution in [0.15, 0.2) is 47.9 Å². The second kappa shape index (κ2) is 8.16. The fourth-order valence-electron chi connectivity index (χ4n) is 2.83. The first-order valence-corrected chi connectivity index (χ1v) is 8.31. The maximum Gasteiger partial charge on any atom is 0.175 e. The van der Waals surface area contributed by atoms with Gasteiger partial charge in [-0.05, 0) is 24.3 Å². The Labute approximate surface area is 151 Å². The van der Waals surface area contributed by atoms with E-state index in [9.17, 15) is 4.91 Å². The molecule has 26 heavy (non-hydrogen) atoms. The van der Waals surface area contributed by atoms with Crippen LogP contribution in [0, 0.1) is 16.2 Å². The molecule has 1 aliphatic heterocycles. The van der Waals surface area contributed by atoms with Crippen LogP contribution >= 0.6 is 0 Å². The smallest absolute Gasteiger partial charge is 0.175 e. The fourth-order valence-corrected chi connectivity index (χ4v) is 2.83. The van der Waals surface area contributed by atoms with Gasteiger partial charge >= 0.3 is 0 Å². The largest absolute Gasteiger partial charge is 0.489 e. The zero-order valence-corrected chi connectivity index (χ0v) is 14.4. The summed E-state index contributed by atoms with van der Waals surface area (Å²) in [7, 11) is 1.41. The first-order valence-electron chi connectivity index (χ1n) is 8.31. The molecule has 1 fully saturated rings. The Morgan fingerprint density at radius 2 is 2.04 bits per heavy atom. The van der Waals surface area contributed by atoms with Gasteiger partial charge in [0.1, 0.15) is 23.7 Å². The third-order valence-corrected chi connectivity index (χ3v) is 4.14. The molecule has 1 aromatic carbocycles. The number of aromatic nitrogens is 1. The van der Waals surface area contributed by atoms with E-state index < -0.39 is 0 Å². The summed E-state index contributed by atoms with van der Waals surface area (Å²) >= 11 is 0. The van der Waals surface area contributed by atoms with E-state index in [1.165, 1.54) is 7.05 Å². The van der Waals surface area contributed by atoms with E-state index >= 15 is 0 Å². The monoisotopic (exact) mass is 353 g/mol. The average Bonchev–Trinajstić information content (AvgIpc) is 2.69. The lowest BCUT2D eigenvalue weighted by Gasteiger charge is -2.33. The van der Waals surface area contributed by atoms with Gasteiger partial charge in [0.15, 0.2) is 5.75 Å². The van der Waals surface area contributed by atoms with Crippen LogP contribution in [0.5, 0.6) is 11.5 Å². The van der Waals surface area contributed by atoms with Gasteiger partial charge in [0.2, 0.25) is 0 Å². The highest BCUT2D eigenvalue weighted by Crippen LogP contribution is 2.25. The summed E-state index contributed by atoms with van der Waals surface area (Å²) in [6.07, 6.45) is 3.33. The number of piperidine rings is 1. The number of para-hydroxylation sites is 1. The molecule has 1 aliphatic rings. The maximum absolute atomic E-state index is 10.3. The molecule has 0 N–H and O–H groups in total. The van der Waals surface area contributed by atoms with Crippen LogP contribution in [0.2, 0.25) is 0 Å². The lowest BCUT2D eigenvalue weighted by Crippen LogP contribution is -2.38. The van der Waals surface area contributed by atoms with Gasteiger partial charge in [-0.15, -0.1) is 4.91 Å². The molecular formula is C18H19N5O3. The molecular weight excluding hydrogens is 334 g/mol. The number of hydrogen-bond acceptors (Lipinski definition) is 7. The van der Waals surface area contributed by atoms with Crippen molar-refractivity contribution in [3.8, 4) is 17.6 Å². The van der Waals surface area contributed by atoms with Crippen molar-refractivity contribution in [1.82, 2.24) is 10.2 Å². The van der Waals surface area contributed by atoms with Crippen LogP contribution in [0.1, 0.15) is 18.4 Å². The molecule has 0 aliphatic carbocycles. The van der Waals surface area contributed by atoms with Crippen molar-refractivity contribution in [2.75, 3.05) is 25.0 Å². The minimum atomic E-state index is 0.0793. The van der Waals surface area contributed by atoms with Crippen LogP contribution in [-0.2, 0) is 0 Å². The quantitative estimate of drug-likeness (QED) is 0.582. The number of pyridine rings is 1. The van der Waals surface area contributed by atoms with Gasteiger partial charge in [-0.25, -0.2) is 4.98 Å². The normalized spacial score (nSPS) is 14.4. The van der Waals surface area contributed by atoms with E-state index in [1.54, 1.807) is 18.3 Å². The SMILES string of the molecule is CN(N=O)Oc1ccc(N2CCC(Oc3ccccc3C#N)CC2)nc1. The van der Waals surface area contributed by atoms with E-state index in [0.29, 0.717) is 17.1 Å². The Kier molecular flexibility index (Phi) is 5.49. The van der Waals surface area contributed by atoms with Gasteiger partial charge in [-0.2, -0.15) is 5.26 Å². The van der Waals surface area contributed by atoms with Gasteiger partial charge in [-0.1, -0.05) is 17.3 Å². The lowest BCUT2D eigenvalue weighted by atomic mass is 10.1. The Morgan fingerprint density at radius 3 is 2.69 bits per heavy atom. The van der Waals surface area contributed by atoms with Crippen LogP contribution in [0.3, 0.4) is 0 Å². The zero-order valence-electron chi connectivity index (χ0n) is 14.4. The molecule has 0 atom stereocenters. The summed E-state index contributed by atoms with van der Waals surface area (Å²) in [5, 5.41) is 12.6. The Bertz CT molecular complexity index is 782. The summed E-state index contributed by atoms with van der Waals surface area (Å²) in [4.78, 5) is 22.0. The topological polar surface area (TPSA) is 91.0 Å². The molecule has 0 unspecified atom stereocenters. The van der Waals surface area contributed by atoms with Crippen LogP contribution in [0.25, 0.3) is 0 Å². The Morgan fingerprint density at radius 1 is 1.27 bits per heavy atom. The molecule has 1 saturated heterocycles. The first kappa shape index (κ1) is 17.5. The molecule has 134 valence electrons. The predicted octanol–water partition coefficient (Wildman–Crippen LogP) is 2.91. The summed E-state index contributed by atoms with van der Waals surface area (Å²) in [6, 6.07) is 13.0. The van der Waals surface area contributed by atoms with Crippen LogP contribution in [-0.4, -0.2) is 36.4 Å². The number of benzene rings is 1. The highest BCUT2D eigenvalue weighted by atomic mass is 16.7. The molecule has 8 nitrogen and oxygen atoms in total. The molecule has 2 aromatic rings. The predicted molar refractivity (Wildman–Crippen MR) is 95.4 cm³/mol. The molecule has 2 heterocycles. The third kappa shape index (κ3) is 4.19. The van der Waals surface area contributed by atoms with Gasteiger partial charge in [-0.3, -0.25) is 0 Å². The maximum atomic E-state index is 10.3. The van der Waals surface area contributed by atoms with Gasteiger partial charge < -0.3 is 14.5 Å². The molecule has 0 radical (unpaired) electrons. The molecule has 1 aromatic heterocycles. The number of hydroxylamine groups is 1. The molecule has 0 saturated carbocycles. The van der Waals surface area contributed by atoms with E-state index in [2.05, 4.69) is 21.2 Å². The highest BCUT2D eigenvalue weighted by molar-refractivity contribution is 5.43. The van der Waals surface area contributed by atoms with E-state index in [1.807, 2.05) is 24.3 Å². The number of nitriles is 1. The third-order valence-electron chi connectivity index (χ3n) is 4.14. The highest BCUT2D eigenvalue weighted by Gasteiger charge is 2.22. The molecule has 0 spiro atoms. The summed E-state index contributed by atoms with van der Waals surface area (Å²) in [6.45, 7) is 1.62.